The van der Waals surface area contributed by atoms with E-state index in [1.165, 1.54) is 0 Å². The number of ether oxygens (including phenoxy) is 2. The van der Waals surface area contributed by atoms with Crippen molar-refractivity contribution in [3.8, 4) is 6.01 Å². The molecule has 0 atom stereocenters. The smallest absolute Gasteiger partial charge is 0.320 e. The first kappa shape index (κ1) is 21.0. The molecule has 0 saturated carbocycles. The Morgan fingerprint density at radius 3 is 3.00 bits per heavy atom. The molecule has 2 fully saturated rings. The number of para-hydroxylation sites is 1. The number of aromatic amines is 1. The lowest BCUT2D eigenvalue weighted by molar-refractivity contribution is 0.0317. The van der Waals surface area contributed by atoms with Crippen LogP contribution in [0.1, 0.15) is 5.56 Å². The van der Waals surface area contributed by atoms with E-state index in [0.29, 0.717) is 18.4 Å². The minimum atomic E-state index is 0.373. The van der Waals surface area contributed by atoms with Crippen molar-refractivity contribution in [2.24, 2.45) is 5.10 Å². The lowest BCUT2D eigenvalue weighted by atomic mass is 10.2. The molecule has 2 N–H and O–H groups in total. The number of benzene rings is 1. The van der Waals surface area contributed by atoms with Gasteiger partial charge in [-0.3, -0.25) is 10.3 Å². The molecule has 9 nitrogen and oxygen atoms in total. The van der Waals surface area contributed by atoms with Crippen molar-refractivity contribution in [1.29, 1.82) is 0 Å². The number of nitrogens with one attached hydrogen (secondary N) is 2. The molecule has 4 heterocycles. The molecule has 32 heavy (non-hydrogen) atoms. The predicted molar refractivity (Wildman–Crippen MR) is 129 cm³/mol. The van der Waals surface area contributed by atoms with E-state index in [1.807, 2.05) is 42.2 Å². The number of nitrogens with zero attached hydrogens (tertiary/aromatic N) is 5. The predicted octanol–water partition coefficient (Wildman–Crippen LogP) is 2.63. The summed E-state index contributed by atoms with van der Waals surface area (Å²) < 4.78 is 11.3. The largest absolute Gasteiger partial charge is 0.462 e. The lowest BCUT2D eigenvalue weighted by Crippen LogP contribution is -2.38. The van der Waals surface area contributed by atoms with Crippen molar-refractivity contribution in [2.45, 2.75) is 0 Å². The van der Waals surface area contributed by atoms with Crippen LogP contribution in [0.15, 0.2) is 41.6 Å². The molecule has 10 heteroatoms. The van der Waals surface area contributed by atoms with Gasteiger partial charge < -0.3 is 19.4 Å². The normalized spacial score (nSPS) is 17.4. The number of anilines is 2. The van der Waals surface area contributed by atoms with E-state index in [0.717, 1.165) is 73.3 Å². The Morgan fingerprint density at radius 2 is 2.12 bits per heavy atom. The van der Waals surface area contributed by atoms with E-state index >= 15 is 0 Å². The number of fused-ring (bicyclic) bond motifs is 1. The lowest BCUT2D eigenvalue weighted by Gasteiger charge is -2.26. The fourth-order valence-corrected chi connectivity index (χ4v) is 4.71. The van der Waals surface area contributed by atoms with Gasteiger partial charge in [0.2, 0.25) is 0 Å². The summed E-state index contributed by atoms with van der Waals surface area (Å²) in [5, 5.41) is 5.54. The average molecular weight is 454 g/mol. The van der Waals surface area contributed by atoms with Gasteiger partial charge in [-0.15, -0.1) is 11.8 Å². The van der Waals surface area contributed by atoms with Crippen LogP contribution < -0.4 is 15.1 Å². The Bertz CT molecular complexity index is 1060. The summed E-state index contributed by atoms with van der Waals surface area (Å²) >= 11 is 1.90. The topological polar surface area (TPSA) is 90.9 Å². The second kappa shape index (κ2) is 10.2. The summed E-state index contributed by atoms with van der Waals surface area (Å²) in [7, 11) is 0. The summed E-state index contributed by atoms with van der Waals surface area (Å²) in [5.41, 5.74) is 5.15. The van der Waals surface area contributed by atoms with Gasteiger partial charge in [0.1, 0.15) is 12.4 Å². The van der Waals surface area contributed by atoms with Crippen LogP contribution in [0.3, 0.4) is 0 Å². The van der Waals surface area contributed by atoms with Crippen molar-refractivity contribution < 1.29 is 9.47 Å². The Labute approximate surface area is 191 Å². The highest BCUT2D eigenvalue weighted by atomic mass is 32.2. The van der Waals surface area contributed by atoms with Crippen LogP contribution in [0.4, 0.5) is 11.6 Å². The van der Waals surface area contributed by atoms with Gasteiger partial charge in [0.25, 0.3) is 0 Å². The number of hydrogen-bond donors (Lipinski definition) is 2. The number of thioether (sulfide) groups is 1. The van der Waals surface area contributed by atoms with E-state index in [2.05, 4.69) is 41.3 Å². The Morgan fingerprint density at radius 1 is 1.22 bits per heavy atom. The summed E-state index contributed by atoms with van der Waals surface area (Å²) in [6.45, 7) is 5.76. The second-order valence-electron chi connectivity index (χ2n) is 7.66. The van der Waals surface area contributed by atoms with Crippen molar-refractivity contribution in [2.75, 3.05) is 68.0 Å². The minimum Gasteiger partial charge on any atom is -0.462 e. The standard InChI is InChI=1S/C22H27N7O2S/c1-2-4-19-18(3-1)17(14-23-19)15-24-27-20-13-21(29-8-12-32-16-29)26-22(25-20)31-11-7-28-5-9-30-10-6-28/h1-4,13-15,23H,5-12,16H2,(H,25,26,27)/b24-15+. The number of aromatic nitrogens is 3. The third kappa shape index (κ3) is 5.14. The van der Waals surface area contributed by atoms with Gasteiger partial charge in [0, 0.05) is 60.7 Å². The zero-order valence-electron chi connectivity index (χ0n) is 17.9. The number of H-pyrrole nitrogens is 1. The van der Waals surface area contributed by atoms with Gasteiger partial charge in [0.05, 0.1) is 25.3 Å². The molecular weight excluding hydrogens is 426 g/mol. The fraction of sp³-hybridized carbons (Fsp3) is 0.409. The third-order valence-corrected chi connectivity index (χ3v) is 6.48. The highest BCUT2D eigenvalue weighted by Gasteiger charge is 2.17. The van der Waals surface area contributed by atoms with E-state index in [4.69, 9.17) is 9.47 Å². The molecule has 2 aromatic heterocycles. The second-order valence-corrected chi connectivity index (χ2v) is 8.73. The van der Waals surface area contributed by atoms with Crippen LogP contribution in [0.5, 0.6) is 6.01 Å². The van der Waals surface area contributed by atoms with Crippen LogP contribution >= 0.6 is 11.8 Å². The third-order valence-electron chi connectivity index (χ3n) is 5.52. The molecular formula is C22H27N7O2S. The van der Waals surface area contributed by atoms with Crippen LogP contribution in [0.2, 0.25) is 0 Å². The Hall–Kier alpha value is -2.82. The first-order valence-electron chi connectivity index (χ1n) is 10.8. The monoisotopic (exact) mass is 453 g/mol. The van der Waals surface area contributed by atoms with Crippen LogP contribution in [-0.4, -0.2) is 83.7 Å². The summed E-state index contributed by atoms with van der Waals surface area (Å²) in [4.78, 5) is 17.0. The Balaban J connectivity index is 1.27. The van der Waals surface area contributed by atoms with E-state index in [1.54, 1.807) is 6.21 Å². The molecule has 5 rings (SSSR count). The van der Waals surface area contributed by atoms with Gasteiger partial charge in [-0.25, -0.2) is 0 Å². The summed E-state index contributed by atoms with van der Waals surface area (Å²) in [5.74, 6) is 3.49. The van der Waals surface area contributed by atoms with Gasteiger partial charge in [-0.2, -0.15) is 15.1 Å². The van der Waals surface area contributed by atoms with Crippen LogP contribution in [0, 0.1) is 0 Å². The van der Waals surface area contributed by atoms with Crippen molar-refractivity contribution in [1.82, 2.24) is 19.9 Å². The van der Waals surface area contributed by atoms with E-state index in [-0.39, 0.29) is 0 Å². The molecule has 3 aromatic rings. The zero-order valence-corrected chi connectivity index (χ0v) is 18.7. The first-order valence-corrected chi connectivity index (χ1v) is 12.0. The SMILES string of the molecule is C(=N\Nc1cc(N2CCSC2)nc(OCCN2CCOCC2)n1)/c1c[nH]c2ccccc12. The molecule has 2 aliphatic rings. The van der Waals surface area contributed by atoms with Gasteiger partial charge >= 0.3 is 6.01 Å². The fourth-order valence-electron chi connectivity index (χ4n) is 3.75. The molecule has 0 bridgehead atoms. The van der Waals surface area contributed by atoms with Crippen molar-refractivity contribution in [3.63, 3.8) is 0 Å². The first-order chi connectivity index (χ1) is 15.8. The molecule has 0 radical (unpaired) electrons. The molecule has 168 valence electrons. The van der Waals surface area contributed by atoms with Crippen LogP contribution in [-0.2, 0) is 4.74 Å². The number of hydrogen-bond acceptors (Lipinski definition) is 9. The zero-order chi connectivity index (χ0) is 21.6. The summed E-state index contributed by atoms with van der Waals surface area (Å²) in [6.07, 6.45) is 3.74. The molecule has 2 aliphatic heterocycles. The number of rotatable bonds is 8. The maximum atomic E-state index is 5.92. The van der Waals surface area contributed by atoms with Crippen molar-refractivity contribution in [3.05, 3.63) is 42.1 Å². The van der Waals surface area contributed by atoms with Crippen molar-refractivity contribution >= 4 is 40.5 Å². The van der Waals surface area contributed by atoms with Gasteiger partial charge in [0.15, 0.2) is 5.82 Å². The molecule has 0 spiro atoms. The quantitative estimate of drug-likeness (QED) is 0.397. The molecule has 1 aromatic carbocycles. The highest BCUT2D eigenvalue weighted by molar-refractivity contribution is 7.99. The average Bonchev–Trinajstić information content (AvgIpc) is 3.51. The number of morpholine rings is 1. The summed E-state index contributed by atoms with van der Waals surface area (Å²) in [6, 6.07) is 10.4. The maximum Gasteiger partial charge on any atom is 0.320 e. The number of hydrazone groups is 1. The molecule has 0 aliphatic carbocycles. The molecule has 0 amide bonds. The molecule has 0 unspecified atom stereocenters. The van der Waals surface area contributed by atoms with Gasteiger partial charge in [-0.1, -0.05) is 18.2 Å². The van der Waals surface area contributed by atoms with E-state index < -0.39 is 0 Å². The minimum absolute atomic E-state index is 0.373. The molecule has 2 saturated heterocycles. The maximum absolute atomic E-state index is 5.92. The van der Waals surface area contributed by atoms with E-state index in [9.17, 15) is 0 Å². The highest BCUT2D eigenvalue weighted by Crippen LogP contribution is 2.25. The van der Waals surface area contributed by atoms with Gasteiger partial charge in [-0.05, 0) is 6.07 Å². The Kier molecular flexibility index (Phi) is 6.71. The van der Waals surface area contributed by atoms with Crippen LogP contribution in [0.25, 0.3) is 10.9 Å².